The van der Waals surface area contributed by atoms with Crippen LogP contribution in [0.15, 0.2) is 0 Å². The zero-order valence-electron chi connectivity index (χ0n) is 16.8. The van der Waals surface area contributed by atoms with Gasteiger partial charge in [0.05, 0.1) is 37.6 Å². The predicted molar refractivity (Wildman–Crippen MR) is 101 cm³/mol. The SMILES string of the molecule is N=C=O.O=C(CCCCC(=O)OCC1CCC2OC2C1)OCC1CCC2OC2C1. The first kappa shape index (κ1) is 21.9. The Labute approximate surface area is 171 Å². The van der Waals surface area contributed by atoms with Crippen LogP contribution in [0, 0.1) is 17.2 Å². The number of carbonyl (C=O) groups excluding carboxylic acids is 3. The molecule has 2 aliphatic carbocycles. The average molecular weight is 409 g/mol. The van der Waals surface area contributed by atoms with Gasteiger partial charge in [-0.3, -0.25) is 9.59 Å². The Balaban J connectivity index is 0.000000755. The first-order valence-corrected chi connectivity index (χ1v) is 10.7. The highest BCUT2D eigenvalue weighted by Gasteiger charge is 2.44. The molecule has 0 aromatic rings. The highest BCUT2D eigenvalue weighted by atomic mass is 16.6. The number of isocyanates is 1. The van der Waals surface area contributed by atoms with Gasteiger partial charge in [0.25, 0.3) is 0 Å². The van der Waals surface area contributed by atoms with E-state index >= 15 is 0 Å². The van der Waals surface area contributed by atoms with Gasteiger partial charge in [-0.25, -0.2) is 10.2 Å². The normalized spacial score (nSPS) is 33.7. The number of epoxide rings is 2. The number of rotatable bonds is 9. The first-order valence-electron chi connectivity index (χ1n) is 10.7. The molecule has 0 spiro atoms. The first-order chi connectivity index (χ1) is 14.1. The molecule has 29 heavy (non-hydrogen) atoms. The van der Waals surface area contributed by atoms with Crippen LogP contribution in [0.25, 0.3) is 0 Å². The quantitative estimate of drug-likeness (QED) is 0.204. The third kappa shape index (κ3) is 7.53. The number of ether oxygens (including phenoxy) is 4. The fraction of sp³-hybridized carbons (Fsp3) is 0.857. The summed E-state index contributed by atoms with van der Waals surface area (Å²) in [4.78, 5) is 32.0. The molecule has 0 bridgehead atoms. The van der Waals surface area contributed by atoms with Gasteiger partial charge >= 0.3 is 11.9 Å². The smallest absolute Gasteiger partial charge is 0.305 e. The minimum absolute atomic E-state index is 0.154. The number of hydrogen-bond donors (Lipinski definition) is 1. The standard InChI is InChI=1S/C20H30O6.CHNO/c21-19(23-11-13-5-7-15-17(9-13)25-15)3-1-2-4-20(22)24-12-14-6-8-16-18(10-14)26-16;2-1-3/h13-18H,1-12H2;2H. The Hall–Kier alpha value is -1.76. The van der Waals surface area contributed by atoms with E-state index in [0.29, 0.717) is 75.1 Å². The molecular formula is C21H31NO7. The van der Waals surface area contributed by atoms with E-state index in [4.69, 9.17) is 29.2 Å². The zero-order valence-corrected chi connectivity index (χ0v) is 16.8. The molecule has 4 fully saturated rings. The molecule has 6 atom stereocenters. The van der Waals surface area contributed by atoms with E-state index in [1.54, 1.807) is 0 Å². The minimum Gasteiger partial charge on any atom is -0.465 e. The van der Waals surface area contributed by atoms with E-state index in [-0.39, 0.29) is 11.9 Å². The van der Waals surface area contributed by atoms with Crippen LogP contribution in [0.5, 0.6) is 0 Å². The van der Waals surface area contributed by atoms with Crippen molar-refractivity contribution in [1.82, 2.24) is 0 Å². The molecule has 2 saturated heterocycles. The summed E-state index contributed by atoms with van der Waals surface area (Å²) in [6, 6.07) is 0. The summed E-state index contributed by atoms with van der Waals surface area (Å²) in [6.07, 6.45) is 11.1. The number of fused-ring (bicyclic) bond motifs is 2. The van der Waals surface area contributed by atoms with Gasteiger partial charge in [0.2, 0.25) is 6.08 Å². The van der Waals surface area contributed by atoms with Gasteiger partial charge in [0.1, 0.15) is 0 Å². The molecule has 162 valence electrons. The van der Waals surface area contributed by atoms with Crippen LogP contribution in [0.2, 0.25) is 0 Å². The van der Waals surface area contributed by atoms with Crippen molar-refractivity contribution in [2.24, 2.45) is 11.8 Å². The average Bonchev–Trinajstić information content (AvgIpc) is 3.62. The van der Waals surface area contributed by atoms with Crippen molar-refractivity contribution in [3.8, 4) is 0 Å². The summed E-state index contributed by atoms with van der Waals surface area (Å²) in [5, 5.41) is 5.40. The highest BCUT2D eigenvalue weighted by Crippen LogP contribution is 2.40. The van der Waals surface area contributed by atoms with Crippen LogP contribution in [-0.4, -0.2) is 55.6 Å². The molecule has 8 nitrogen and oxygen atoms in total. The maximum atomic E-state index is 11.8. The fourth-order valence-electron chi connectivity index (χ4n) is 4.38. The van der Waals surface area contributed by atoms with E-state index in [2.05, 4.69) is 0 Å². The number of nitrogens with one attached hydrogen (secondary N) is 1. The molecule has 4 rings (SSSR count). The molecule has 2 heterocycles. The second-order valence-electron chi connectivity index (χ2n) is 8.46. The molecule has 8 heteroatoms. The Bertz CT molecular complexity index is 558. The summed E-state index contributed by atoms with van der Waals surface area (Å²) in [6.45, 7) is 1.03. The van der Waals surface area contributed by atoms with Crippen molar-refractivity contribution in [3.63, 3.8) is 0 Å². The number of carbonyl (C=O) groups is 2. The van der Waals surface area contributed by atoms with Gasteiger partial charge in [-0.05, 0) is 63.2 Å². The summed E-state index contributed by atoms with van der Waals surface area (Å²) in [7, 11) is 0. The number of unbranched alkanes of at least 4 members (excludes halogenated alkanes) is 1. The van der Waals surface area contributed by atoms with E-state index in [0.717, 1.165) is 44.6 Å². The lowest BCUT2D eigenvalue weighted by Crippen LogP contribution is -2.20. The molecule has 0 amide bonds. The lowest BCUT2D eigenvalue weighted by Gasteiger charge is -2.18. The second kappa shape index (κ2) is 10.9. The van der Waals surface area contributed by atoms with Gasteiger partial charge in [-0.2, -0.15) is 0 Å². The summed E-state index contributed by atoms with van der Waals surface area (Å²) < 4.78 is 21.7. The van der Waals surface area contributed by atoms with Gasteiger partial charge in [-0.1, -0.05) is 0 Å². The van der Waals surface area contributed by atoms with E-state index in [1.165, 1.54) is 0 Å². The third-order valence-electron chi connectivity index (χ3n) is 6.20. The summed E-state index contributed by atoms with van der Waals surface area (Å²) >= 11 is 0. The number of esters is 2. The van der Waals surface area contributed by atoms with Crippen LogP contribution in [0.1, 0.15) is 64.2 Å². The van der Waals surface area contributed by atoms with Crippen molar-refractivity contribution in [2.45, 2.75) is 88.6 Å². The highest BCUT2D eigenvalue weighted by molar-refractivity contribution is 5.70. The largest absolute Gasteiger partial charge is 0.465 e. The molecule has 1 N–H and O–H groups in total. The van der Waals surface area contributed by atoms with Gasteiger partial charge in [-0.15, -0.1) is 0 Å². The maximum absolute atomic E-state index is 11.8. The fourth-order valence-corrected chi connectivity index (χ4v) is 4.38. The van der Waals surface area contributed by atoms with Crippen molar-refractivity contribution in [2.75, 3.05) is 13.2 Å². The Morgan fingerprint density at radius 3 is 1.59 bits per heavy atom. The predicted octanol–water partition coefficient (Wildman–Crippen LogP) is 2.67. The molecule has 6 unspecified atom stereocenters. The van der Waals surface area contributed by atoms with Gasteiger partial charge in [0, 0.05) is 12.8 Å². The monoisotopic (exact) mass is 409 g/mol. The van der Waals surface area contributed by atoms with Crippen LogP contribution >= 0.6 is 0 Å². The molecule has 4 aliphatic rings. The van der Waals surface area contributed by atoms with Crippen molar-refractivity contribution in [1.29, 1.82) is 5.41 Å². The van der Waals surface area contributed by atoms with Crippen molar-refractivity contribution >= 4 is 18.0 Å². The molecule has 0 aromatic heterocycles. The lowest BCUT2D eigenvalue weighted by molar-refractivity contribution is -0.147. The van der Waals surface area contributed by atoms with Crippen molar-refractivity contribution < 1.29 is 33.3 Å². The molecule has 2 saturated carbocycles. The molecule has 0 aromatic carbocycles. The van der Waals surface area contributed by atoms with Crippen LogP contribution in [0.4, 0.5) is 0 Å². The Morgan fingerprint density at radius 2 is 1.21 bits per heavy atom. The topological polar surface area (TPSA) is 119 Å². The van der Waals surface area contributed by atoms with Crippen LogP contribution in [-0.2, 0) is 33.3 Å². The Kier molecular flexibility index (Phi) is 8.21. The summed E-state index contributed by atoms with van der Waals surface area (Å²) in [5.41, 5.74) is 0. The summed E-state index contributed by atoms with van der Waals surface area (Å²) in [5.74, 6) is 0.597. The molecule has 0 radical (unpaired) electrons. The zero-order chi connectivity index (χ0) is 20.6. The maximum Gasteiger partial charge on any atom is 0.305 e. The molecule has 2 aliphatic heterocycles. The van der Waals surface area contributed by atoms with Gasteiger partial charge < -0.3 is 18.9 Å². The van der Waals surface area contributed by atoms with E-state index in [9.17, 15) is 9.59 Å². The minimum atomic E-state index is -0.154. The van der Waals surface area contributed by atoms with Crippen LogP contribution < -0.4 is 0 Å². The number of hydrogen-bond acceptors (Lipinski definition) is 8. The lowest BCUT2D eigenvalue weighted by atomic mass is 9.90. The third-order valence-corrected chi connectivity index (χ3v) is 6.20. The van der Waals surface area contributed by atoms with Crippen molar-refractivity contribution in [3.05, 3.63) is 0 Å². The van der Waals surface area contributed by atoms with E-state index < -0.39 is 0 Å². The van der Waals surface area contributed by atoms with Gasteiger partial charge in [0.15, 0.2) is 0 Å². The second-order valence-corrected chi connectivity index (χ2v) is 8.46. The Morgan fingerprint density at radius 1 is 0.793 bits per heavy atom. The van der Waals surface area contributed by atoms with E-state index in [1.807, 2.05) is 0 Å². The van der Waals surface area contributed by atoms with Crippen LogP contribution in [0.3, 0.4) is 0 Å². The molecular weight excluding hydrogens is 378 g/mol.